The van der Waals surface area contributed by atoms with Crippen molar-refractivity contribution in [3.63, 3.8) is 0 Å². The Morgan fingerprint density at radius 1 is 1.53 bits per heavy atom. The predicted octanol–water partition coefficient (Wildman–Crippen LogP) is 3.86. The van der Waals surface area contributed by atoms with Crippen molar-refractivity contribution in [1.82, 2.24) is 0 Å². The molecule has 0 aliphatic rings. The summed E-state index contributed by atoms with van der Waals surface area (Å²) < 4.78 is 1.12. The molecule has 0 rings (SSSR count). The van der Waals surface area contributed by atoms with Crippen LogP contribution in [-0.2, 0) is 0 Å². The average Bonchev–Trinajstić information content (AvgIpc) is 2.08. The molecule has 0 bridgehead atoms. The van der Waals surface area contributed by atoms with Crippen LogP contribution in [0.1, 0.15) is 6.92 Å². The molecule has 3 nitrogen and oxygen atoms in total. The van der Waals surface area contributed by atoms with Gasteiger partial charge >= 0.3 is 0 Å². The van der Waals surface area contributed by atoms with E-state index >= 15 is 0 Å². The van der Waals surface area contributed by atoms with Crippen molar-refractivity contribution < 1.29 is 4.92 Å². The van der Waals surface area contributed by atoms with E-state index in [2.05, 4.69) is 19.6 Å². The lowest BCUT2D eigenvalue weighted by molar-refractivity contribution is -0.402. The summed E-state index contributed by atoms with van der Waals surface area (Å²) in [6.45, 7) is 8.57. The number of thioether (sulfide) groups is 1. The smallest absolute Gasteiger partial charge is 0.235 e. The van der Waals surface area contributed by atoms with E-state index in [1.807, 2.05) is 6.92 Å². The monoisotopic (exact) mass is 265 g/mol. The molecule has 0 aromatic rings. The van der Waals surface area contributed by atoms with E-state index in [1.165, 1.54) is 6.08 Å². The minimum absolute atomic E-state index is 0.499. The first-order valence-electron chi connectivity index (χ1n) is 4.63. The van der Waals surface area contributed by atoms with E-state index in [1.54, 1.807) is 11.8 Å². The number of hydrogen-bond donors (Lipinski definition) is 0. The third-order valence-corrected chi connectivity index (χ3v) is 6.81. The van der Waals surface area contributed by atoms with Gasteiger partial charge in [-0.05, 0) is 10.3 Å². The Morgan fingerprint density at radius 3 is 2.40 bits per heavy atom. The molecular weight excluding hydrogens is 250 g/mol. The maximum atomic E-state index is 10.2. The first-order chi connectivity index (χ1) is 6.79. The van der Waals surface area contributed by atoms with Gasteiger partial charge in [-0.15, -0.1) is 11.8 Å². The largest absolute Gasteiger partial charge is 0.259 e. The lowest BCUT2D eigenvalue weighted by Crippen LogP contribution is -2.23. The summed E-state index contributed by atoms with van der Waals surface area (Å²) in [6.07, 6.45) is 2.26. The van der Waals surface area contributed by atoms with E-state index in [-0.39, 0.29) is 0 Å². The van der Waals surface area contributed by atoms with Crippen LogP contribution >= 0.6 is 23.4 Å². The zero-order valence-corrected chi connectivity index (χ0v) is 12.0. The van der Waals surface area contributed by atoms with Crippen LogP contribution in [0, 0.1) is 10.1 Å². The predicted molar refractivity (Wildman–Crippen MR) is 70.5 cm³/mol. The third kappa shape index (κ3) is 6.02. The van der Waals surface area contributed by atoms with E-state index in [0.717, 1.165) is 16.5 Å². The maximum Gasteiger partial charge on any atom is 0.235 e. The zero-order valence-electron chi connectivity index (χ0n) is 9.41. The number of allylic oxidation sites excluding steroid dienone is 2. The Kier molecular flexibility index (Phi) is 6.24. The van der Waals surface area contributed by atoms with Crippen molar-refractivity contribution in [1.29, 1.82) is 0 Å². The Labute approximate surface area is 101 Å². The first kappa shape index (κ1) is 14.7. The molecule has 0 aliphatic heterocycles. The molecule has 86 valence electrons. The normalized spacial score (nSPS) is 14.2. The Balaban J connectivity index is 5.01. The SMILES string of the molecule is CCS/C(=C(Cl)/C=C/[N+](=O)[O-])[Si](C)(C)C. The van der Waals surface area contributed by atoms with Crippen molar-refractivity contribution in [2.75, 3.05) is 5.75 Å². The van der Waals surface area contributed by atoms with Gasteiger partial charge in [-0.2, -0.15) is 0 Å². The summed E-state index contributed by atoms with van der Waals surface area (Å²) >= 11 is 7.74. The molecule has 0 N–H and O–H groups in total. The fourth-order valence-corrected chi connectivity index (χ4v) is 5.52. The van der Waals surface area contributed by atoms with Crippen LogP contribution in [0.3, 0.4) is 0 Å². The van der Waals surface area contributed by atoms with Crippen LogP contribution in [-0.4, -0.2) is 18.8 Å². The topological polar surface area (TPSA) is 43.1 Å². The molecule has 0 fully saturated rings. The number of rotatable bonds is 5. The van der Waals surface area contributed by atoms with Crippen molar-refractivity contribution in [3.05, 3.63) is 32.0 Å². The highest BCUT2D eigenvalue weighted by molar-refractivity contribution is 8.05. The molecular formula is C9H16ClNO2SSi. The highest BCUT2D eigenvalue weighted by atomic mass is 35.5. The first-order valence-corrected chi connectivity index (χ1v) is 9.50. The van der Waals surface area contributed by atoms with Gasteiger partial charge in [-0.1, -0.05) is 38.2 Å². The minimum Gasteiger partial charge on any atom is -0.259 e. The number of hydrogen-bond acceptors (Lipinski definition) is 3. The van der Waals surface area contributed by atoms with Gasteiger partial charge in [-0.25, -0.2) is 0 Å². The second kappa shape index (κ2) is 6.35. The fourth-order valence-electron chi connectivity index (χ4n) is 0.990. The lowest BCUT2D eigenvalue weighted by Gasteiger charge is -2.20. The van der Waals surface area contributed by atoms with Crippen LogP contribution in [0.5, 0.6) is 0 Å². The Bertz CT molecular complexity index is 297. The quantitative estimate of drug-likeness (QED) is 0.328. The molecule has 0 heterocycles. The molecule has 0 aliphatic carbocycles. The van der Waals surface area contributed by atoms with Crippen LogP contribution in [0.15, 0.2) is 21.8 Å². The van der Waals surface area contributed by atoms with Gasteiger partial charge in [0.05, 0.1) is 18.0 Å². The van der Waals surface area contributed by atoms with Crippen molar-refractivity contribution in [3.8, 4) is 0 Å². The van der Waals surface area contributed by atoms with E-state index in [4.69, 9.17) is 11.6 Å². The third-order valence-electron chi connectivity index (χ3n) is 1.53. The van der Waals surface area contributed by atoms with Gasteiger partial charge in [0, 0.05) is 6.08 Å². The van der Waals surface area contributed by atoms with Crippen LogP contribution < -0.4 is 0 Å². The molecule has 0 unspecified atom stereocenters. The van der Waals surface area contributed by atoms with Crippen molar-refractivity contribution in [2.24, 2.45) is 0 Å². The number of nitro groups is 1. The molecule has 6 heteroatoms. The second-order valence-electron chi connectivity index (χ2n) is 3.96. The van der Waals surface area contributed by atoms with Crippen LogP contribution in [0.2, 0.25) is 19.6 Å². The molecule has 0 amide bonds. The highest BCUT2D eigenvalue weighted by Gasteiger charge is 2.22. The number of halogens is 1. The van der Waals surface area contributed by atoms with Crippen LogP contribution in [0.4, 0.5) is 0 Å². The van der Waals surface area contributed by atoms with E-state index < -0.39 is 13.0 Å². The average molecular weight is 266 g/mol. The fraction of sp³-hybridized carbons (Fsp3) is 0.556. The molecule has 0 saturated carbocycles. The molecule has 0 aromatic heterocycles. The van der Waals surface area contributed by atoms with Gasteiger partial charge < -0.3 is 0 Å². The Morgan fingerprint density at radius 2 is 2.07 bits per heavy atom. The highest BCUT2D eigenvalue weighted by Crippen LogP contribution is 2.31. The summed E-state index contributed by atoms with van der Waals surface area (Å²) in [6, 6.07) is 0. The molecule has 0 aromatic carbocycles. The number of nitrogens with zero attached hydrogens (tertiary/aromatic N) is 1. The maximum absolute atomic E-state index is 10.2. The zero-order chi connectivity index (χ0) is 12.1. The molecule has 0 saturated heterocycles. The van der Waals surface area contributed by atoms with Crippen molar-refractivity contribution >= 4 is 31.4 Å². The van der Waals surface area contributed by atoms with Gasteiger partial charge in [-0.3, -0.25) is 10.1 Å². The summed E-state index contributed by atoms with van der Waals surface area (Å²) in [7, 11) is -1.51. The Hall–Kier alpha value is -0.263. The molecule has 15 heavy (non-hydrogen) atoms. The van der Waals surface area contributed by atoms with Gasteiger partial charge in [0.15, 0.2) is 0 Å². The molecule has 0 atom stereocenters. The van der Waals surface area contributed by atoms with Crippen molar-refractivity contribution in [2.45, 2.75) is 26.6 Å². The standard InChI is InChI=1S/C9H16ClNO2SSi/c1-5-14-9(15(2,3)4)8(10)6-7-11(12)13/h6-7H,5H2,1-4H3/b7-6+,9-8+. The lowest BCUT2D eigenvalue weighted by atomic mass is 10.6. The van der Waals surface area contributed by atoms with Gasteiger partial charge in [0.1, 0.15) is 0 Å². The second-order valence-corrected chi connectivity index (χ2v) is 11.0. The minimum atomic E-state index is -1.51. The van der Waals surface area contributed by atoms with E-state index in [0.29, 0.717) is 5.03 Å². The summed E-state index contributed by atoms with van der Waals surface area (Å²) in [4.78, 5) is 9.68. The van der Waals surface area contributed by atoms with Gasteiger partial charge in [0.2, 0.25) is 6.20 Å². The summed E-state index contributed by atoms with van der Waals surface area (Å²) in [5.41, 5.74) is 0. The molecule has 0 spiro atoms. The van der Waals surface area contributed by atoms with Crippen LogP contribution in [0.25, 0.3) is 0 Å². The van der Waals surface area contributed by atoms with E-state index in [9.17, 15) is 10.1 Å². The molecule has 0 radical (unpaired) electrons. The van der Waals surface area contributed by atoms with Gasteiger partial charge in [0.25, 0.3) is 0 Å². The summed E-state index contributed by atoms with van der Waals surface area (Å²) in [5, 5.41) is 10.7. The summed E-state index contributed by atoms with van der Waals surface area (Å²) in [5.74, 6) is 0.933.